The number of rotatable bonds is 4. The van der Waals surface area contributed by atoms with Crippen molar-refractivity contribution in [3.05, 3.63) is 113 Å². The molecule has 0 aliphatic carbocycles. The van der Waals surface area contributed by atoms with Gasteiger partial charge >= 0.3 is 0 Å². The van der Waals surface area contributed by atoms with Crippen molar-refractivity contribution in [3.8, 4) is 0 Å². The second-order valence-electron chi connectivity index (χ2n) is 6.67. The maximum Gasteiger partial charge on any atom is 0.186 e. The molecule has 0 N–H and O–H groups in total. The Morgan fingerprint density at radius 2 is 1.50 bits per heavy atom. The largest absolute Gasteiger partial charge is 0.379 e. The van der Waals surface area contributed by atoms with Gasteiger partial charge in [-0.05, 0) is 24.1 Å². The molecular formula is C24H21NO. The van der Waals surface area contributed by atoms with Gasteiger partial charge in [-0.1, -0.05) is 102 Å². The molecule has 1 heterocycles. The number of nitrogens with zero attached hydrogens (tertiary/aromatic N) is 1. The summed E-state index contributed by atoms with van der Waals surface area (Å²) in [6.07, 6.45) is 4.95. The summed E-state index contributed by atoms with van der Waals surface area (Å²) >= 11 is 0. The lowest BCUT2D eigenvalue weighted by Crippen LogP contribution is -2.23. The van der Waals surface area contributed by atoms with E-state index in [4.69, 9.17) is 4.84 Å². The van der Waals surface area contributed by atoms with Crippen molar-refractivity contribution in [2.45, 2.75) is 18.9 Å². The molecule has 26 heavy (non-hydrogen) atoms. The van der Waals surface area contributed by atoms with Crippen LogP contribution in [-0.4, -0.2) is 5.71 Å². The molecule has 128 valence electrons. The van der Waals surface area contributed by atoms with Crippen LogP contribution in [0.4, 0.5) is 0 Å². The first-order chi connectivity index (χ1) is 12.8. The molecule has 3 aromatic carbocycles. The van der Waals surface area contributed by atoms with Crippen LogP contribution in [0.3, 0.4) is 0 Å². The Morgan fingerprint density at radius 3 is 2.19 bits per heavy atom. The summed E-state index contributed by atoms with van der Waals surface area (Å²) < 4.78 is 0. The molecule has 1 unspecified atom stereocenters. The van der Waals surface area contributed by atoms with Crippen LogP contribution < -0.4 is 0 Å². The summed E-state index contributed by atoms with van der Waals surface area (Å²) in [6, 6.07) is 29.0. The summed E-state index contributed by atoms with van der Waals surface area (Å²) in [4.78, 5) is 6.05. The molecule has 0 bridgehead atoms. The molecular weight excluding hydrogens is 318 g/mol. The standard InChI is InChI=1S/C24H21NO/c1-19-12-14-21(15-13-19)23-18-24(26-25-23,22-10-6-3-7-11-22)17-16-20-8-4-2-5-9-20/h2-17H,18H2,1H3/b17-16+. The zero-order valence-corrected chi connectivity index (χ0v) is 14.8. The van der Waals surface area contributed by atoms with E-state index in [0.717, 1.165) is 22.4 Å². The molecule has 0 saturated heterocycles. The minimum Gasteiger partial charge on any atom is -0.379 e. The molecule has 1 aliphatic rings. The van der Waals surface area contributed by atoms with Gasteiger partial charge in [0.2, 0.25) is 0 Å². The summed E-state index contributed by atoms with van der Waals surface area (Å²) in [5, 5.41) is 4.44. The lowest BCUT2D eigenvalue weighted by Gasteiger charge is -2.23. The molecule has 0 saturated carbocycles. The highest BCUT2D eigenvalue weighted by Crippen LogP contribution is 2.38. The van der Waals surface area contributed by atoms with Crippen LogP contribution in [0.2, 0.25) is 0 Å². The fourth-order valence-corrected chi connectivity index (χ4v) is 3.21. The first-order valence-corrected chi connectivity index (χ1v) is 8.87. The predicted molar refractivity (Wildman–Crippen MR) is 107 cm³/mol. The van der Waals surface area contributed by atoms with Crippen molar-refractivity contribution in [1.82, 2.24) is 0 Å². The Bertz CT molecular complexity index is 927. The number of benzene rings is 3. The molecule has 0 fully saturated rings. The van der Waals surface area contributed by atoms with Crippen LogP contribution in [-0.2, 0) is 10.4 Å². The zero-order chi connectivity index (χ0) is 17.8. The van der Waals surface area contributed by atoms with Gasteiger partial charge in [-0.25, -0.2) is 0 Å². The molecule has 0 aromatic heterocycles. The Balaban J connectivity index is 1.68. The lowest BCUT2D eigenvalue weighted by atomic mass is 9.86. The van der Waals surface area contributed by atoms with Gasteiger partial charge < -0.3 is 4.84 Å². The quantitative estimate of drug-likeness (QED) is 0.595. The van der Waals surface area contributed by atoms with E-state index in [0.29, 0.717) is 6.42 Å². The van der Waals surface area contributed by atoms with E-state index in [1.54, 1.807) is 0 Å². The van der Waals surface area contributed by atoms with E-state index in [2.05, 4.69) is 72.8 Å². The Morgan fingerprint density at radius 1 is 0.846 bits per heavy atom. The average molecular weight is 339 g/mol. The van der Waals surface area contributed by atoms with Crippen molar-refractivity contribution in [1.29, 1.82) is 0 Å². The number of hydrogen-bond acceptors (Lipinski definition) is 2. The van der Waals surface area contributed by atoms with E-state index in [1.165, 1.54) is 5.56 Å². The van der Waals surface area contributed by atoms with Crippen molar-refractivity contribution in [2.75, 3.05) is 0 Å². The molecule has 0 spiro atoms. The third-order valence-electron chi connectivity index (χ3n) is 4.74. The Kier molecular flexibility index (Phi) is 4.40. The zero-order valence-electron chi connectivity index (χ0n) is 14.8. The fraction of sp³-hybridized carbons (Fsp3) is 0.125. The maximum atomic E-state index is 6.05. The van der Waals surface area contributed by atoms with Crippen LogP contribution in [0.15, 0.2) is 96.2 Å². The second-order valence-corrected chi connectivity index (χ2v) is 6.67. The van der Waals surface area contributed by atoms with Crippen molar-refractivity contribution in [2.24, 2.45) is 5.16 Å². The smallest absolute Gasteiger partial charge is 0.186 e. The highest BCUT2D eigenvalue weighted by atomic mass is 16.7. The highest BCUT2D eigenvalue weighted by molar-refractivity contribution is 6.02. The molecule has 3 aromatic rings. The number of aryl methyl sites for hydroxylation is 1. The van der Waals surface area contributed by atoms with Crippen LogP contribution >= 0.6 is 0 Å². The van der Waals surface area contributed by atoms with Crippen molar-refractivity contribution < 1.29 is 4.84 Å². The van der Waals surface area contributed by atoms with Gasteiger partial charge in [0.1, 0.15) is 0 Å². The van der Waals surface area contributed by atoms with Gasteiger partial charge in [0.25, 0.3) is 0 Å². The number of hydrogen-bond donors (Lipinski definition) is 0. The molecule has 0 amide bonds. The minimum atomic E-state index is -0.572. The molecule has 0 radical (unpaired) electrons. The predicted octanol–water partition coefficient (Wildman–Crippen LogP) is 5.73. The van der Waals surface area contributed by atoms with Crippen LogP contribution in [0.25, 0.3) is 6.08 Å². The van der Waals surface area contributed by atoms with Crippen molar-refractivity contribution >= 4 is 11.8 Å². The Labute approximate surface area is 154 Å². The summed E-state index contributed by atoms with van der Waals surface area (Å²) in [6.45, 7) is 2.09. The molecule has 4 rings (SSSR count). The monoisotopic (exact) mass is 339 g/mol. The normalized spacial score (nSPS) is 19.3. The summed E-state index contributed by atoms with van der Waals surface area (Å²) in [5.74, 6) is 0. The van der Waals surface area contributed by atoms with Gasteiger partial charge in [0.15, 0.2) is 5.60 Å². The van der Waals surface area contributed by atoms with E-state index in [9.17, 15) is 0 Å². The van der Waals surface area contributed by atoms with Crippen LogP contribution in [0.5, 0.6) is 0 Å². The summed E-state index contributed by atoms with van der Waals surface area (Å²) in [5.41, 5.74) is 5.02. The average Bonchev–Trinajstić information content (AvgIpc) is 3.14. The van der Waals surface area contributed by atoms with E-state index in [1.807, 2.05) is 36.4 Å². The van der Waals surface area contributed by atoms with E-state index < -0.39 is 5.60 Å². The van der Waals surface area contributed by atoms with E-state index in [-0.39, 0.29) is 0 Å². The maximum absolute atomic E-state index is 6.05. The van der Waals surface area contributed by atoms with Crippen LogP contribution in [0.1, 0.15) is 28.7 Å². The number of oxime groups is 1. The molecule has 2 heteroatoms. The third kappa shape index (κ3) is 3.31. The second kappa shape index (κ2) is 7.01. The lowest BCUT2D eigenvalue weighted by molar-refractivity contribution is 0.0184. The molecule has 1 aliphatic heterocycles. The topological polar surface area (TPSA) is 21.6 Å². The fourth-order valence-electron chi connectivity index (χ4n) is 3.21. The first kappa shape index (κ1) is 16.3. The highest BCUT2D eigenvalue weighted by Gasteiger charge is 2.39. The Hall–Kier alpha value is -3.13. The third-order valence-corrected chi connectivity index (χ3v) is 4.74. The van der Waals surface area contributed by atoms with Gasteiger partial charge in [0, 0.05) is 12.0 Å². The minimum absolute atomic E-state index is 0.572. The first-order valence-electron chi connectivity index (χ1n) is 8.87. The SMILES string of the molecule is Cc1ccc(C2=NOC(/C=C/c3ccccc3)(c3ccccc3)C2)cc1. The molecule has 1 atom stereocenters. The van der Waals surface area contributed by atoms with Gasteiger partial charge in [0.05, 0.1) is 5.71 Å². The van der Waals surface area contributed by atoms with Gasteiger partial charge in [-0.2, -0.15) is 0 Å². The van der Waals surface area contributed by atoms with Crippen molar-refractivity contribution in [3.63, 3.8) is 0 Å². The molecule has 2 nitrogen and oxygen atoms in total. The van der Waals surface area contributed by atoms with Gasteiger partial charge in [-0.15, -0.1) is 0 Å². The van der Waals surface area contributed by atoms with Gasteiger partial charge in [-0.3, -0.25) is 0 Å². The van der Waals surface area contributed by atoms with E-state index >= 15 is 0 Å². The summed E-state index contributed by atoms with van der Waals surface area (Å²) in [7, 11) is 0. The van der Waals surface area contributed by atoms with Crippen LogP contribution in [0, 0.1) is 6.92 Å².